The molecule has 0 aliphatic carbocycles. The molecule has 1 aromatic heterocycles. The average Bonchev–Trinajstić information content (AvgIpc) is 3.00. The van der Waals surface area contributed by atoms with Gasteiger partial charge in [0.15, 0.2) is 5.82 Å². The highest BCUT2D eigenvalue weighted by Crippen LogP contribution is 2.37. The molecular weight excluding hydrogens is 356 g/mol. The van der Waals surface area contributed by atoms with E-state index in [1.165, 1.54) is 5.56 Å². The van der Waals surface area contributed by atoms with Crippen molar-refractivity contribution in [1.29, 1.82) is 0 Å². The van der Waals surface area contributed by atoms with Crippen molar-refractivity contribution in [3.8, 4) is 11.4 Å². The molecule has 2 N–H and O–H groups in total. The summed E-state index contributed by atoms with van der Waals surface area (Å²) in [6, 6.07) is 8.11. The molecule has 3 heterocycles. The van der Waals surface area contributed by atoms with E-state index >= 15 is 0 Å². The summed E-state index contributed by atoms with van der Waals surface area (Å²) in [6.07, 6.45) is 5.10. The maximum atomic E-state index is 11.8. The molecule has 1 aromatic carbocycles. The van der Waals surface area contributed by atoms with Gasteiger partial charge in [-0.15, -0.1) is 0 Å². The van der Waals surface area contributed by atoms with Crippen LogP contribution in [0.1, 0.15) is 30.4 Å². The van der Waals surface area contributed by atoms with Crippen LogP contribution in [0, 0.1) is 12.8 Å². The number of carbonyl (C=O) groups excluding carboxylic acids is 1. The molecule has 2 aromatic rings. The van der Waals surface area contributed by atoms with Gasteiger partial charge in [-0.25, -0.2) is 9.97 Å². The lowest BCUT2D eigenvalue weighted by molar-refractivity contribution is -0.144. The zero-order valence-electron chi connectivity index (χ0n) is 15.9. The number of benzene rings is 1. The Bertz CT molecular complexity index is 889. The third-order valence-corrected chi connectivity index (χ3v) is 5.88. The Labute approximate surface area is 163 Å². The molecule has 1 spiro atoms. The number of carboxylic acids is 1. The first-order valence-corrected chi connectivity index (χ1v) is 9.59. The summed E-state index contributed by atoms with van der Waals surface area (Å²) < 4.78 is 0. The van der Waals surface area contributed by atoms with Gasteiger partial charge in [-0.05, 0) is 25.8 Å². The van der Waals surface area contributed by atoms with Crippen LogP contribution in [0.5, 0.6) is 0 Å². The van der Waals surface area contributed by atoms with Crippen LogP contribution in [0.2, 0.25) is 0 Å². The average molecular weight is 380 g/mol. The number of aliphatic carboxylic acids is 1. The fourth-order valence-electron chi connectivity index (χ4n) is 4.33. The normalized spacial score (nSPS) is 21.6. The van der Waals surface area contributed by atoms with E-state index < -0.39 is 17.4 Å². The number of carboxylic acid groups (broad SMARTS) is 1. The van der Waals surface area contributed by atoms with E-state index in [1.54, 1.807) is 0 Å². The van der Waals surface area contributed by atoms with Crippen LogP contribution in [0.15, 0.2) is 36.7 Å². The number of aromatic nitrogens is 2. The lowest BCUT2D eigenvalue weighted by Crippen LogP contribution is -2.55. The predicted molar refractivity (Wildman–Crippen MR) is 103 cm³/mol. The minimum atomic E-state index is -0.882. The maximum Gasteiger partial charge on any atom is 0.309 e. The van der Waals surface area contributed by atoms with E-state index in [4.69, 9.17) is 0 Å². The highest BCUT2D eigenvalue weighted by molar-refractivity contribution is 5.88. The number of carbonyl (C=O) groups is 2. The van der Waals surface area contributed by atoms with Gasteiger partial charge < -0.3 is 10.4 Å². The van der Waals surface area contributed by atoms with Crippen molar-refractivity contribution in [2.45, 2.75) is 38.3 Å². The van der Waals surface area contributed by atoms with Gasteiger partial charge in [0.05, 0.1) is 11.5 Å². The van der Waals surface area contributed by atoms with Gasteiger partial charge in [-0.2, -0.15) is 0 Å². The zero-order chi connectivity index (χ0) is 19.7. The molecule has 2 fully saturated rings. The van der Waals surface area contributed by atoms with Gasteiger partial charge >= 0.3 is 5.97 Å². The smallest absolute Gasteiger partial charge is 0.309 e. The fraction of sp³-hybridized carbons (Fsp3) is 0.429. The number of piperidine rings is 1. The first-order chi connectivity index (χ1) is 13.4. The minimum absolute atomic E-state index is 0.0869. The lowest BCUT2D eigenvalue weighted by Gasteiger charge is -2.41. The molecule has 146 valence electrons. The van der Waals surface area contributed by atoms with E-state index in [2.05, 4.69) is 26.3 Å². The Morgan fingerprint density at radius 2 is 2.00 bits per heavy atom. The summed E-state index contributed by atoms with van der Waals surface area (Å²) in [6.45, 7) is 4.24. The summed E-state index contributed by atoms with van der Waals surface area (Å²) in [4.78, 5) is 34.6. The molecule has 0 saturated carbocycles. The summed E-state index contributed by atoms with van der Waals surface area (Å²) in [5.41, 5.74) is 2.61. The van der Waals surface area contributed by atoms with Gasteiger partial charge in [0, 0.05) is 49.6 Å². The topological polar surface area (TPSA) is 95.4 Å². The number of rotatable bonds is 4. The van der Waals surface area contributed by atoms with Crippen LogP contribution in [-0.2, 0) is 16.1 Å². The van der Waals surface area contributed by atoms with Crippen molar-refractivity contribution in [3.05, 3.63) is 47.8 Å². The van der Waals surface area contributed by atoms with Crippen LogP contribution in [0.3, 0.4) is 0 Å². The van der Waals surface area contributed by atoms with E-state index in [0.717, 1.165) is 30.8 Å². The van der Waals surface area contributed by atoms with E-state index in [9.17, 15) is 14.7 Å². The first kappa shape index (κ1) is 18.6. The molecule has 2 aliphatic rings. The Morgan fingerprint density at radius 1 is 1.29 bits per heavy atom. The summed E-state index contributed by atoms with van der Waals surface area (Å²) >= 11 is 0. The van der Waals surface area contributed by atoms with Gasteiger partial charge in [-0.3, -0.25) is 14.5 Å². The summed E-state index contributed by atoms with van der Waals surface area (Å²) in [5, 5.41) is 12.4. The highest BCUT2D eigenvalue weighted by atomic mass is 16.4. The molecule has 7 heteroatoms. The standard InChI is InChI=1S/C21H24N4O3/c1-14-3-2-4-16(9-14)19-22-11-15(12-23-19)13-25-7-5-21(6-8-25)17(20(27)28)10-18(26)24-21/h2-4,9,11-12,17H,5-8,10,13H2,1H3,(H,24,26)(H,27,28). The maximum absolute atomic E-state index is 11.8. The number of hydrogen-bond acceptors (Lipinski definition) is 5. The minimum Gasteiger partial charge on any atom is -0.481 e. The molecular formula is C21H24N4O3. The third kappa shape index (κ3) is 3.62. The van der Waals surface area contributed by atoms with Gasteiger partial charge in [-0.1, -0.05) is 23.8 Å². The van der Waals surface area contributed by atoms with Crippen molar-refractivity contribution in [2.75, 3.05) is 13.1 Å². The molecule has 1 atom stereocenters. The van der Waals surface area contributed by atoms with Crippen LogP contribution in [0.4, 0.5) is 0 Å². The van der Waals surface area contributed by atoms with Crippen LogP contribution >= 0.6 is 0 Å². The fourth-order valence-corrected chi connectivity index (χ4v) is 4.33. The number of likely N-dealkylation sites (tertiary alicyclic amines) is 1. The first-order valence-electron chi connectivity index (χ1n) is 9.59. The summed E-state index contributed by atoms with van der Waals surface area (Å²) in [7, 11) is 0. The molecule has 0 radical (unpaired) electrons. The number of nitrogens with zero attached hydrogens (tertiary/aromatic N) is 3. The molecule has 2 saturated heterocycles. The molecule has 1 unspecified atom stereocenters. The van der Waals surface area contributed by atoms with Crippen LogP contribution in [-0.4, -0.2) is 50.5 Å². The monoisotopic (exact) mass is 380 g/mol. The van der Waals surface area contributed by atoms with Crippen LogP contribution < -0.4 is 5.32 Å². The second-order valence-corrected chi connectivity index (χ2v) is 7.86. The van der Waals surface area contributed by atoms with Gasteiger partial charge in [0.2, 0.25) is 5.91 Å². The Hall–Kier alpha value is -2.80. The Morgan fingerprint density at radius 3 is 2.64 bits per heavy atom. The molecule has 2 aliphatic heterocycles. The van der Waals surface area contributed by atoms with E-state index in [-0.39, 0.29) is 12.3 Å². The van der Waals surface area contributed by atoms with Crippen molar-refractivity contribution in [2.24, 2.45) is 5.92 Å². The highest BCUT2D eigenvalue weighted by Gasteiger charge is 2.51. The third-order valence-electron chi connectivity index (χ3n) is 5.88. The van der Waals surface area contributed by atoms with E-state index in [1.807, 2.05) is 37.5 Å². The molecule has 1 amide bonds. The Kier molecular flexibility index (Phi) is 4.85. The molecule has 7 nitrogen and oxygen atoms in total. The van der Waals surface area contributed by atoms with Crippen molar-refractivity contribution >= 4 is 11.9 Å². The number of aryl methyl sites for hydroxylation is 1. The van der Waals surface area contributed by atoms with Crippen LogP contribution in [0.25, 0.3) is 11.4 Å². The lowest BCUT2D eigenvalue weighted by atomic mass is 9.77. The van der Waals surface area contributed by atoms with Gasteiger partial charge in [0.1, 0.15) is 0 Å². The molecule has 28 heavy (non-hydrogen) atoms. The molecule has 0 bridgehead atoms. The van der Waals surface area contributed by atoms with Crippen molar-refractivity contribution < 1.29 is 14.7 Å². The van der Waals surface area contributed by atoms with Crippen molar-refractivity contribution in [1.82, 2.24) is 20.2 Å². The zero-order valence-corrected chi connectivity index (χ0v) is 15.9. The second kappa shape index (κ2) is 7.31. The predicted octanol–water partition coefficient (Wildman–Crippen LogP) is 2.01. The number of amides is 1. The molecule has 4 rings (SSSR count). The van der Waals surface area contributed by atoms with Gasteiger partial charge in [0.25, 0.3) is 0 Å². The quantitative estimate of drug-likeness (QED) is 0.842. The summed E-state index contributed by atoms with van der Waals surface area (Å²) in [5.74, 6) is -0.949. The SMILES string of the molecule is Cc1cccc(-c2ncc(CN3CCC4(CC3)NC(=O)CC4C(=O)O)cn2)c1. The second-order valence-electron chi connectivity index (χ2n) is 7.86. The van der Waals surface area contributed by atoms with E-state index in [0.29, 0.717) is 18.7 Å². The number of hydrogen-bond donors (Lipinski definition) is 2. The largest absolute Gasteiger partial charge is 0.481 e. The number of nitrogens with one attached hydrogen (secondary N) is 1. The van der Waals surface area contributed by atoms with Crippen molar-refractivity contribution in [3.63, 3.8) is 0 Å². The Balaban J connectivity index is 1.39.